The van der Waals surface area contributed by atoms with Gasteiger partial charge in [-0.05, 0) is 38.2 Å². The second-order valence-electron chi connectivity index (χ2n) is 7.72. The molecule has 0 radical (unpaired) electrons. The van der Waals surface area contributed by atoms with Gasteiger partial charge in [0.15, 0.2) is 5.96 Å². The standard InChI is InChI=1S/C21H31N3O2.HI/c1-2-22-20(23-16-21(10-11-21)17-7-4-3-5-8-17)24-12-14-26-19(15-24)18-9-6-13-25-18;/h3-5,7-8,18-19H,2,6,9-16H2,1H3,(H,22,23);1H. The van der Waals surface area contributed by atoms with Gasteiger partial charge in [0.2, 0.25) is 0 Å². The summed E-state index contributed by atoms with van der Waals surface area (Å²) in [4.78, 5) is 7.41. The maximum absolute atomic E-state index is 6.00. The van der Waals surface area contributed by atoms with E-state index in [0.29, 0.717) is 0 Å². The van der Waals surface area contributed by atoms with Gasteiger partial charge in [-0.2, -0.15) is 0 Å². The number of nitrogens with zero attached hydrogens (tertiary/aromatic N) is 2. The van der Waals surface area contributed by atoms with Crippen molar-refractivity contribution >= 4 is 29.9 Å². The van der Waals surface area contributed by atoms with Crippen molar-refractivity contribution in [3.8, 4) is 0 Å². The predicted molar refractivity (Wildman–Crippen MR) is 119 cm³/mol. The van der Waals surface area contributed by atoms with Crippen LogP contribution in [0.25, 0.3) is 0 Å². The van der Waals surface area contributed by atoms with Crippen LogP contribution >= 0.6 is 24.0 Å². The Morgan fingerprint density at radius 2 is 1.96 bits per heavy atom. The number of nitrogens with one attached hydrogen (secondary N) is 1. The van der Waals surface area contributed by atoms with Gasteiger partial charge in [-0.3, -0.25) is 4.99 Å². The monoisotopic (exact) mass is 485 g/mol. The third-order valence-corrected chi connectivity index (χ3v) is 5.88. The average molecular weight is 485 g/mol. The molecule has 0 amide bonds. The molecule has 3 aliphatic rings. The zero-order valence-electron chi connectivity index (χ0n) is 16.2. The Labute approximate surface area is 179 Å². The first-order chi connectivity index (χ1) is 12.8. The molecule has 4 rings (SSSR count). The summed E-state index contributed by atoms with van der Waals surface area (Å²) in [7, 11) is 0. The lowest BCUT2D eigenvalue weighted by Gasteiger charge is -2.37. The van der Waals surface area contributed by atoms with E-state index in [9.17, 15) is 0 Å². The molecule has 2 aliphatic heterocycles. The number of guanidine groups is 1. The number of hydrogen-bond acceptors (Lipinski definition) is 3. The average Bonchev–Trinajstić information content (AvgIpc) is 3.28. The van der Waals surface area contributed by atoms with Crippen molar-refractivity contribution in [3.63, 3.8) is 0 Å². The van der Waals surface area contributed by atoms with Crippen LogP contribution in [0, 0.1) is 0 Å². The molecule has 1 N–H and O–H groups in total. The summed E-state index contributed by atoms with van der Waals surface area (Å²) < 4.78 is 11.8. The Hall–Kier alpha value is -0.860. The van der Waals surface area contributed by atoms with Gasteiger partial charge in [0.1, 0.15) is 6.10 Å². The molecular formula is C21H32IN3O2. The van der Waals surface area contributed by atoms with Crippen LogP contribution in [0.3, 0.4) is 0 Å². The first kappa shape index (κ1) is 20.9. The number of halogens is 1. The molecule has 2 heterocycles. The summed E-state index contributed by atoms with van der Waals surface area (Å²) in [6.45, 7) is 7.28. The van der Waals surface area contributed by atoms with Gasteiger partial charge in [-0.1, -0.05) is 30.3 Å². The van der Waals surface area contributed by atoms with Crippen LogP contribution in [0.5, 0.6) is 0 Å². The van der Waals surface area contributed by atoms with Crippen LogP contribution in [0.15, 0.2) is 35.3 Å². The van der Waals surface area contributed by atoms with Crippen molar-refractivity contribution in [2.75, 3.05) is 39.4 Å². The number of benzene rings is 1. The molecule has 5 nitrogen and oxygen atoms in total. The molecule has 0 spiro atoms. The molecule has 2 unspecified atom stereocenters. The van der Waals surface area contributed by atoms with Gasteiger partial charge in [0.05, 0.1) is 19.3 Å². The van der Waals surface area contributed by atoms with Crippen LogP contribution in [0.4, 0.5) is 0 Å². The van der Waals surface area contributed by atoms with Crippen molar-refractivity contribution in [2.24, 2.45) is 4.99 Å². The summed E-state index contributed by atoms with van der Waals surface area (Å²) in [5.74, 6) is 1.03. The lowest BCUT2D eigenvalue weighted by molar-refractivity contribution is -0.0817. The Bertz CT molecular complexity index is 615. The SMILES string of the molecule is CCNC(=NCC1(c2ccccc2)CC1)N1CCOC(C2CCCO2)C1.I. The molecule has 2 saturated heterocycles. The Morgan fingerprint density at radius 3 is 2.63 bits per heavy atom. The molecule has 0 aromatic heterocycles. The molecule has 6 heteroatoms. The fraction of sp³-hybridized carbons (Fsp3) is 0.667. The Balaban J connectivity index is 0.00000210. The quantitative estimate of drug-likeness (QED) is 0.396. The van der Waals surface area contributed by atoms with Crippen LogP contribution < -0.4 is 5.32 Å². The highest BCUT2D eigenvalue weighted by Gasteiger charge is 2.44. The maximum atomic E-state index is 6.00. The van der Waals surface area contributed by atoms with Gasteiger partial charge in [0, 0.05) is 31.7 Å². The molecular weight excluding hydrogens is 453 g/mol. The minimum atomic E-state index is 0. The number of hydrogen-bond donors (Lipinski definition) is 1. The number of ether oxygens (including phenoxy) is 2. The minimum absolute atomic E-state index is 0. The molecule has 150 valence electrons. The van der Waals surface area contributed by atoms with E-state index in [1.807, 2.05) is 0 Å². The minimum Gasteiger partial charge on any atom is -0.375 e. The van der Waals surface area contributed by atoms with Crippen molar-refractivity contribution in [1.29, 1.82) is 0 Å². The summed E-state index contributed by atoms with van der Waals surface area (Å²) in [5.41, 5.74) is 1.68. The lowest BCUT2D eigenvalue weighted by atomic mass is 9.96. The second kappa shape index (κ2) is 9.56. The summed E-state index contributed by atoms with van der Waals surface area (Å²) in [6.07, 6.45) is 5.16. The van der Waals surface area contributed by atoms with Crippen LogP contribution in [0.1, 0.15) is 38.2 Å². The van der Waals surface area contributed by atoms with Gasteiger partial charge >= 0.3 is 0 Å². The van der Waals surface area contributed by atoms with Gasteiger partial charge in [-0.25, -0.2) is 0 Å². The number of morpholine rings is 1. The highest BCUT2D eigenvalue weighted by atomic mass is 127. The van der Waals surface area contributed by atoms with E-state index in [1.165, 1.54) is 18.4 Å². The highest BCUT2D eigenvalue weighted by Crippen LogP contribution is 2.48. The molecule has 3 fully saturated rings. The largest absolute Gasteiger partial charge is 0.375 e. The van der Waals surface area contributed by atoms with Crippen LogP contribution in [-0.4, -0.2) is 62.5 Å². The van der Waals surface area contributed by atoms with Crippen molar-refractivity contribution in [3.05, 3.63) is 35.9 Å². The van der Waals surface area contributed by atoms with Crippen molar-refractivity contribution in [1.82, 2.24) is 10.2 Å². The maximum Gasteiger partial charge on any atom is 0.194 e. The predicted octanol–water partition coefficient (Wildman–Crippen LogP) is 3.18. The third-order valence-electron chi connectivity index (χ3n) is 5.88. The molecule has 1 aliphatic carbocycles. The second-order valence-corrected chi connectivity index (χ2v) is 7.72. The Kier molecular flexibility index (Phi) is 7.39. The van der Waals surface area contributed by atoms with E-state index in [4.69, 9.17) is 14.5 Å². The smallest absolute Gasteiger partial charge is 0.194 e. The molecule has 1 saturated carbocycles. The lowest BCUT2D eigenvalue weighted by Crippen LogP contribution is -2.53. The zero-order valence-corrected chi connectivity index (χ0v) is 18.6. The molecule has 1 aromatic rings. The Morgan fingerprint density at radius 1 is 1.19 bits per heavy atom. The normalized spacial score (nSPS) is 27.1. The number of rotatable bonds is 5. The van der Waals surface area contributed by atoms with E-state index in [2.05, 4.69) is 47.5 Å². The summed E-state index contributed by atoms with van der Waals surface area (Å²) in [6, 6.07) is 10.9. The highest BCUT2D eigenvalue weighted by molar-refractivity contribution is 14.0. The number of aliphatic imine (C=N–C) groups is 1. The molecule has 2 atom stereocenters. The van der Waals surface area contributed by atoms with Gasteiger partial charge in [0.25, 0.3) is 0 Å². The van der Waals surface area contributed by atoms with Crippen molar-refractivity contribution in [2.45, 2.75) is 50.2 Å². The van der Waals surface area contributed by atoms with E-state index in [1.54, 1.807) is 0 Å². The third kappa shape index (κ3) is 4.95. The van der Waals surface area contributed by atoms with Crippen LogP contribution in [-0.2, 0) is 14.9 Å². The van der Waals surface area contributed by atoms with E-state index < -0.39 is 0 Å². The summed E-state index contributed by atoms with van der Waals surface area (Å²) in [5, 5.41) is 3.49. The zero-order chi connectivity index (χ0) is 17.8. The fourth-order valence-corrected chi connectivity index (χ4v) is 4.12. The molecule has 1 aromatic carbocycles. The first-order valence-electron chi connectivity index (χ1n) is 10.1. The van der Waals surface area contributed by atoms with E-state index in [0.717, 1.165) is 58.2 Å². The van der Waals surface area contributed by atoms with Crippen molar-refractivity contribution < 1.29 is 9.47 Å². The molecule has 27 heavy (non-hydrogen) atoms. The first-order valence-corrected chi connectivity index (χ1v) is 10.1. The fourth-order valence-electron chi connectivity index (χ4n) is 4.12. The van der Waals surface area contributed by atoms with E-state index >= 15 is 0 Å². The van der Waals surface area contributed by atoms with Gasteiger partial charge < -0.3 is 19.7 Å². The van der Waals surface area contributed by atoms with E-state index in [-0.39, 0.29) is 41.6 Å². The topological polar surface area (TPSA) is 46.1 Å². The van der Waals surface area contributed by atoms with Crippen LogP contribution in [0.2, 0.25) is 0 Å². The van der Waals surface area contributed by atoms with Gasteiger partial charge in [-0.15, -0.1) is 24.0 Å². The summed E-state index contributed by atoms with van der Waals surface area (Å²) >= 11 is 0. The molecule has 0 bridgehead atoms.